The molecule has 106 valence electrons. The summed E-state index contributed by atoms with van der Waals surface area (Å²) in [6.07, 6.45) is 0. The highest BCUT2D eigenvalue weighted by Gasteiger charge is 2.16. The van der Waals surface area contributed by atoms with Gasteiger partial charge in [-0.25, -0.2) is 8.42 Å². The summed E-state index contributed by atoms with van der Waals surface area (Å²) >= 11 is 11.6. The van der Waals surface area contributed by atoms with Crippen LogP contribution < -0.4 is 5.73 Å². The molecule has 0 radical (unpaired) electrons. The molecule has 0 atom stereocenters. The maximum Gasteiger partial charge on any atom is 0.182 e. The van der Waals surface area contributed by atoms with Crippen LogP contribution in [-0.2, 0) is 22.1 Å². The Morgan fingerprint density at radius 3 is 2.05 bits per heavy atom. The SMILES string of the molecule is NCc1ccc(CS(=O)(=O)c2ccc(Cl)c(Cl)c2)cc1. The topological polar surface area (TPSA) is 60.2 Å². The van der Waals surface area contributed by atoms with E-state index in [1.807, 2.05) is 12.1 Å². The van der Waals surface area contributed by atoms with E-state index in [4.69, 9.17) is 28.9 Å². The number of nitrogens with two attached hydrogens (primary N) is 1. The van der Waals surface area contributed by atoms with Crippen molar-refractivity contribution in [2.24, 2.45) is 5.73 Å². The number of sulfone groups is 1. The van der Waals surface area contributed by atoms with Crippen LogP contribution in [0.25, 0.3) is 0 Å². The number of benzene rings is 2. The molecule has 0 aliphatic rings. The predicted octanol–water partition coefficient (Wildman–Crippen LogP) is 3.43. The lowest BCUT2D eigenvalue weighted by Crippen LogP contribution is -2.05. The Balaban J connectivity index is 2.27. The van der Waals surface area contributed by atoms with E-state index < -0.39 is 9.84 Å². The van der Waals surface area contributed by atoms with Gasteiger partial charge in [0.05, 0.1) is 20.7 Å². The average Bonchev–Trinajstić information content (AvgIpc) is 2.42. The van der Waals surface area contributed by atoms with E-state index in [9.17, 15) is 8.42 Å². The third kappa shape index (κ3) is 3.52. The summed E-state index contributed by atoms with van der Waals surface area (Å²) in [6.45, 7) is 0.430. The maximum atomic E-state index is 12.3. The van der Waals surface area contributed by atoms with Gasteiger partial charge in [0.15, 0.2) is 9.84 Å². The predicted molar refractivity (Wildman–Crippen MR) is 81.7 cm³/mol. The van der Waals surface area contributed by atoms with E-state index in [1.54, 1.807) is 12.1 Å². The zero-order valence-corrected chi connectivity index (χ0v) is 12.8. The second-order valence-corrected chi connectivity index (χ2v) is 7.16. The molecule has 0 saturated carbocycles. The van der Waals surface area contributed by atoms with Crippen molar-refractivity contribution in [1.82, 2.24) is 0 Å². The van der Waals surface area contributed by atoms with Crippen LogP contribution in [0, 0.1) is 0 Å². The molecule has 0 amide bonds. The van der Waals surface area contributed by atoms with E-state index in [1.165, 1.54) is 18.2 Å². The molecule has 20 heavy (non-hydrogen) atoms. The van der Waals surface area contributed by atoms with E-state index in [2.05, 4.69) is 0 Å². The molecule has 0 saturated heterocycles. The highest BCUT2D eigenvalue weighted by Crippen LogP contribution is 2.26. The van der Waals surface area contributed by atoms with Crippen LogP contribution in [0.4, 0.5) is 0 Å². The normalized spacial score (nSPS) is 11.6. The Hall–Kier alpha value is -1.07. The zero-order valence-electron chi connectivity index (χ0n) is 10.5. The first kappa shape index (κ1) is 15.3. The second kappa shape index (κ2) is 6.14. The zero-order chi connectivity index (χ0) is 14.8. The summed E-state index contributed by atoms with van der Waals surface area (Å²) in [6, 6.07) is 11.5. The molecule has 0 bridgehead atoms. The molecule has 2 rings (SSSR count). The first-order valence-corrected chi connectivity index (χ1v) is 8.29. The first-order valence-electron chi connectivity index (χ1n) is 5.88. The van der Waals surface area contributed by atoms with Crippen LogP contribution in [0.15, 0.2) is 47.4 Å². The molecule has 0 spiro atoms. The summed E-state index contributed by atoms with van der Waals surface area (Å²) in [4.78, 5) is 0.162. The molecule has 0 aromatic heterocycles. The molecule has 0 heterocycles. The molecule has 0 fully saturated rings. The highest BCUT2D eigenvalue weighted by molar-refractivity contribution is 7.90. The number of hydrogen-bond acceptors (Lipinski definition) is 3. The summed E-state index contributed by atoms with van der Waals surface area (Å²) in [5, 5.41) is 0.559. The van der Waals surface area contributed by atoms with Crippen LogP contribution in [0.2, 0.25) is 10.0 Å². The lowest BCUT2D eigenvalue weighted by Gasteiger charge is -2.06. The van der Waals surface area contributed by atoms with E-state index in [0.29, 0.717) is 17.1 Å². The number of hydrogen-bond donors (Lipinski definition) is 1. The summed E-state index contributed by atoms with van der Waals surface area (Å²) < 4.78 is 24.6. The van der Waals surface area contributed by atoms with Crippen LogP contribution in [0.3, 0.4) is 0 Å². The second-order valence-electron chi connectivity index (χ2n) is 4.36. The monoisotopic (exact) mass is 329 g/mol. The van der Waals surface area contributed by atoms with Gasteiger partial charge in [-0.05, 0) is 29.3 Å². The molecule has 0 aliphatic heterocycles. The van der Waals surface area contributed by atoms with Crippen molar-refractivity contribution in [3.63, 3.8) is 0 Å². The molecule has 0 unspecified atom stereocenters. The third-order valence-corrected chi connectivity index (χ3v) is 5.29. The number of rotatable bonds is 4. The van der Waals surface area contributed by atoms with Gasteiger partial charge in [-0.3, -0.25) is 0 Å². The molecule has 2 aromatic rings. The molecule has 3 nitrogen and oxygen atoms in total. The van der Waals surface area contributed by atoms with Gasteiger partial charge in [0.25, 0.3) is 0 Å². The maximum absolute atomic E-state index is 12.3. The van der Waals surface area contributed by atoms with Crippen molar-refractivity contribution in [2.45, 2.75) is 17.2 Å². The van der Waals surface area contributed by atoms with Gasteiger partial charge in [0.2, 0.25) is 0 Å². The lowest BCUT2D eigenvalue weighted by atomic mass is 10.1. The fraction of sp³-hybridized carbons (Fsp3) is 0.143. The van der Waals surface area contributed by atoms with Crippen molar-refractivity contribution in [3.05, 3.63) is 63.6 Å². The fourth-order valence-electron chi connectivity index (χ4n) is 1.74. The Kier molecular flexibility index (Phi) is 4.70. The molecular weight excluding hydrogens is 317 g/mol. The quantitative estimate of drug-likeness (QED) is 0.934. The minimum atomic E-state index is -3.45. The van der Waals surface area contributed by atoms with Crippen LogP contribution >= 0.6 is 23.2 Å². The summed E-state index contributed by atoms with van der Waals surface area (Å²) in [5.41, 5.74) is 7.16. The van der Waals surface area contributed by atoms with E-state index >= 15 is 0 Å². The lowest BCUT2D eigenvalue weighted by molar-refractivity contribution is 0.595. The standard InChI is InChI=1S/C14H13Cl2NO2S/c15-13-6-5-12(7-14(13)16)20(18,19)9-11-3-1-10(8-17)2-4-11/h1-7H,8-9,17H2. The van der Waals surface area contributed by atoms with Crippen molar-refractivity contribution >= 4 is 33.0 Å². The van der Waals surface area contributed by atoms with Gasteiger partial charge in [-0.1, -0.05) is 47.5 Å². The minimum absolute atomic E-state index is 0.0875. The van der Waals surface area contributed by atoms with Crippen molar-refractivity contribution in [1.29, 1.82) is 0 Å². The van der Waals surface area contributed by atoms with Gasteiger partial charge < -0.3 is 5.73 Å². The van der Waals surface area contributed by atoms with E-state index in [-0.39, 0.29) is 15.7 Å². The molecular formula is C14H13Cl2NO2S. The smallest absolute Gasteiger partial charge is 0.182 e. The van der Waals surface area contributed by atoms with Crippen LogP contribution in [-0.4, -0.2) is 8.42 Å². The Labute approximate surface area is 128 Å². The van der Waals surface area contributed by atoms with Crippen molar-refractivity contribution in [2.75, 3.05) is 0 Å². The molecule has 2 aromatic carbocycles. The Morgan fingerprint density at radius 2 is 1.50 bits per heavy atom. The summed E-state index contributed by atoms with van der Waals surface area (Å²) in [7, 11) is -3.45. The molecule has 2 N–H and O–H groups in total. The van der Waals surface area contributed by atoms with Crippen LogP contribution in [0.5, 0.6) is 0 Å². The van der Waals surface area contributed by atoms with Crippen molar-refractivity contribution < 1.29 is 8.42 Å². The van der Waals surface area contributed by atoms with Gasteiger partial charge in [0.1, 0.15) is 0 Å². The van der Waals surface area contributed by atoms with Gasteiger partial charge in [0, 0.05) is 6.54 Å². The Morgan fingerprint density at radius 1 is 0.900 bits per heavy atom. The largest absolute Gasteiger partial charge is 0.326 e. The minimum Gasteiger partial charge on any atom is -0.326 e. The molecule has 0 aliphatic carbocycles. The first-order chi connectivity index (χ1) is 9.42. The van der Waals surface area contributed by atoms with Crippen molar-refractivity contribution in [3.8, 4) is 0 Å². The van der Waals surface area contributed by atoms with Gasteiger partial charge >= 0.3 is 0 Å². The van der Waals surface area contributed by atoms with Gasteiger partial charge in [-0.15, -0.1) is 0 Å². The third-order valence-electron chi connectivity index (χ3n) is 2.87. The highest BCUT2D eigenvalue weighted by atomic mass is 35.5. The molecule has 6 heteroatoms. The van der Waals surface area contributed by atoms with Gasteiger partial charge in [-0.2, -0.15) is 0 Å². The Bertz CT molecular complexity index is 712. The summed E-state index contributed by atoms with van der Waals surface area (Å²) in [5.74, 6) is -0.0875. The number of halogens is 2. The van der Waals surface area contributed by atoms with E-state index in [0.717, 1.165) is 5.56 Å². The average molecular weight is 330 g/mol. The fourth-order valence-corrected chi connectivity index (χ4v) is 3.48. The van der Waals surface area contributed by atoms with Crippen LogP contribution in [0.1, 0.15) is 11.1 Å².